The number of carbonyl (C=O) groups excluding carboxylic acids is 1. The molecular formula is C31H45NO10S. The molecule has 0 bridgehead atoms. The van der Waals surface area contributed by atoms with E-state index in [1.165, 1.54) is 0 Å². The molecule has 2 aromatic rings. The Bertz CT molecular complexity index is 1180. The highest BCUT2D eigenvalue weighted by Crippen LogP contribution is 2.16. The van der Waals surface area contributed by atoms with E-state index in [2.05, 4.69) is 9.50 Å². The molecule has 12 heteroatoms. The first-order chi connectivity index (χ1) is 20.5. The Morgan fingerprint density at radius 1 is 0.698 bits per heavy atom. The summed E-state index contributed by atoms with van der Waals surface area (Å²) >= 11 is 0. The van der Waals surface area contributed by atoms with Crippen molar-refractivity contribution in [1.82, 2.24) is 0 Å². The third kappa shape index (κ3) is 19.7. The average Bonchev–Trinajstić information content (AvgIpc) is 2.94. The molecule has 0 atom stereocenters. The van der Waals surface area contributed by atoms with Gasteiger partial charge in [0.05, 0.1) is 65.7 Å². The first-order valence-corrected chi connectivity index (χ1v) is 15.9. The number of esters is 1. The van der Waals surface area contributed by atoms with Crippen molar-refractivity contribution in [2.24, 2.45) is 0 Å². The second-order valence-corrected chi connectivity index (χ2v) is 11.9. The molecule has 2 aromatic carbocycles. The zero-order chi connectivity index (χ0) is 31.4. The molecule has 2 rings (SSSR count). The van der Waals surface area contributed by atoms with Gasteiger partial charge in [-0.25, -0.2) is 0 Å². The fraction of sp³-hybridized carbons (Fsp3) is 0.516. The van der Waals surface area contributed by atoms with Crippen molar-refractivity contribution in [3.8, 4) is 5.75 Å². The van der Waals surface area contributed by atoms with Gasteiger partial charge in [-0.3, -0.25) is 8.98 Å². The van der Waals surface area contributed by atoms with Gasteiger partial charge in [0.25, 0.3) is 10.1 Å². The molecule has 0 heterocycles. The lowest BCUT2D eigenvalue weighted by atomic mass is 10.1. The van der Waals surface area contributed by atoms with Crippen molar-refractivity contribution < 1.29 is 45.8 Å². The van der Waals surface area contributed by atoms with E-state index in [-0.39, 0.29) is 25.7 Å². The van der Waals surface area contributed by atoms with Crippen LogP contribution in [0.15, 0.2) is 48.5 Å². The number of benzene rings is 2. The number of rotatable bonds is 22. The van der Waals surface area contributed by atoms with Gasteiger partial charge in [-0.05, 0) is 56.2 Å². The molecule has 0 radical (unpaired) electrons. The van der Waals surface area contributed by atoms with Crippen LogP contribution in [0, 0.1) is 0 Å². The van der Waals surface area contributed by atoms with Gasteiger partial charge in [-0.15, -0.1) is 0 Å². The van der Waals surface area contributed by atoms with Gasteiger partial charge in [0.1, 0.15) is 24.5 Å². The van der Waals surface area contributed by atoms with E-state index in [1.54, 1.807) is 0 Å². The van der Waals surface area contributed by atoms with Crippen LogP contribution in [-0.2, 0) is 42.8 Å². The number of nitrogens with one attached hydrogen (secondary N) is 1. The van der Waals surface area contributed by atoms with Crippen molar-refractivity contribution in [1.29, 1.82) is 0 Å². The van der Waals surface area contributed by atoms with Crippen LogP contribution in [0.25, 0.3) is 12.2 Å². The highest BCUT2D eigenvalue weighted by Gasteiger charge is 2.15. The SMILES string of the molecule is CC(C)(C)OC(=O)CNc1ccc(C=Cc2ccc(OCCOCCOCCOCCOCCOS(C)(=O)=O)cc2)cc1. The summed E-state index contributed by atoms with van der Waals surface area (Å²) in [6.45, 7) is 9.24. The molecule has 43 heavy (non-hydrogen) atoms. The molecule has 11 nitrogen and oxygen atoms in total. The lowest BCUT2D eigenvalue weighted by Crippen LogP contribution is -2.28. The molecule has 0 saturated carbocycles. The summed E-state index contributed by atoms with van der Waals surface area (Å²) in [5, 5.41) is 3.07. The van der Waals surface area contributed by atoms with E-state index in [9.17, 15) is 13.2 Å². The largest absolute Gasteiger partial charge is 0.491 e. The van der Waals surface area contributed by atoms with Crippen molar-refractivity contribution in [3.05, 3.63) is 59.7 Å². The topological polar surface area (TPSA) is 128 Å². The normalized spacial score (nSPS) is 12.0. The van der Waals surface area contributed by atoms with E-state index < -0.39 is 15.7 Å². The monoisotopic (exact) mass is 623 g/mol. The molecule has 0 aliphatic carbocycles. The van der Waals surface area contributed by atoms with Crippen LogP contribution in [0.3, 0.4) is 0 Å². The Kier molecular flexibility index (Phi) is 16.9. The number of carbonyl (C=O) groups is 1. The summed E-state index contributed by atoms with van der Waals surface area (Å²) in [4.78, 5) is 11.8. The second-order valence-electron chi connectivity index (χ2n) is 10.3. The number of ether oxygens (including phenoxy) is 6. The van der Waals surface area contributed by atoms with Gasteiger partial charge < -0.3 is 33.7 Å². The van der Waals surface area contributed by atoms with Crippen LogP contribution in [0.4, 0.5) is 5.69 Å². The summed E-state index contributed by atoms with van der Waals surface area (Å²) in [6, 6.07) is 15.6. The molecule has 1 N–H and O–H groups in total. The molecule has 0 saturated heterocycles. The number of hydrogen-bond donors (Lipinski definition) is 1. The molecule has 240 valence electrons. The van der Waals surface area contributed by atoms with Crippen LogP contribution in [0.1, 0.15) is 31.9 Å². The van der Waals surface area contributed by atoms with Crippen molar-refractivity contribution in [3.63, 3.8) is 0 Å². The lowest BCUT2D eigenvalue weighted by Gasteiger charge is -2.19. The van der Waals surface area contributed by atoms with Gasteiger partial charge in [0.2, 0.25) is 0 Å². The third-order valence-electron chi connectivity index (χ3n) is 5.25. The maximum absolute atomic E-state index is 11.8. The van der Waals surface area contributed by atoms with Crippen molar-refractivity contribution in [2.75, 3.05) is 84.2 Å². The summed E-state index contributed by atoms with van der Waals surface area (Å²) < 4.78 is 58.7. The third-order valence-corrected chi connectivity index (χ3v) is 5.85. The Balaban J connectivity index is 1.48. The van der Waals surface area contributed by atoms with Crippen LogP contribution >= 0.6 is 0 Å². The van der Waals surface area contributed by atoms with Crippen LogP contribution in [0.2, 0.25) is 0 Å². The molecule has 0 unspecified atom stereocenters. The minimum atomic E-state index is -3.43. The second kappa shape index (κ2) is 20.0. The summed E-state index contributed by atoms with van der Waals surface area (Å²) in [5.41, 5.74) is 2.44. The Morgan fingerprint density at radius 2 is 1.14 bits per heavy atom. The van der Waals surface area contributed by atoms with Gasteiger partial charge >= 0.3 is 5.97 Å². The first kappa shape index (κ1) is 36.2. The lowest BCUT2D eigenvalue weighted by molar-refractivity contribution is -0.152. The molecular weight excluding hydrogens is 578 g/mol. The summed E-state index contributed by atoms with van der Waals surface area (Å²) in [6.07, 6.45) is 5.04. The quantitative estimate of drug-likeness (QED) is 0.0884. The van der Waals surface area contributed by atoms with Crippen LogP contribution < -0.4 is 10.1 Å². The summed E-state index contributed by atoms with van der Waals surface area (Å²) in [7, 11) is -3.43. The van der Waals surface area contributed by atoms with Crippen molar-refractivity contribution in [2.45, 2.75) is 26.4 Å². The van der Waals surface area contributed by atoms with E-state index in [0.717, 1.165) is 28.8 Å². The van der Waals surface area contributed by atoms with Crippen LogP contribution in [0.5, 0.6) is 5.75 Å². The predicted octanol–water partition coefficient (Wildman–Crippen LogP) is 4.03. The van der Waals surface area contributed by atoms with Gasteiger partial charge in [0, 0.05) is 5.69 Å². The fourth-order valence-corrected chi connectivity index (χ4v) is 3.73. The number of anilines is 1. The zero-order valence-electron chi connectivity index (χ0n) is 25.5. The van der Waals surface area contributed by atoms with Gasteiger partial charge in [-0.2, -0.15) is 8.42 Å². The van der Waals surface area contributed by atoms with Gasteiger partial charge in [-0.1, -0.05) is 36.4 Å². The highest BCUT2D eigenvalue weighted by molar-refractivity contribution is 7.85. The minimum Gasteiger partial charge on any atom is -0.491 e. The predicted molar refractivity (Wildman–Crippen MR) is 166 cm³/mol. The molecule has 0 aliphatic rings. The average molecular weight is 624 g/mol. The molecule has 0 amide bonds. The van der Waals surface area contributed by atoms with E-state index in [4.69, 9.17) is 28.4 Å². The first-order valence-electron chi connectivity index (χ1n) is 14.1. The fourth-order valence-electron chi connectivity index (χ4n) is 3.36. The van der Waals surface area contributed by atoms with Crippen LogP contribution in [-0.4, -0.2) is 98.9 Å². The Hall–Kier alpha value is -3.00. The smallest absolute Gasteiger partial charge is 0.325 e. The van der Waals surface area contributed by atoms with E-state index >= 15 is 0 Å². The zero-order valence-corrected chi connectivity index (χ0v) is 26.4. The van der Waals surface area contributed by atoms with Crippen molar-refractivity contribution >= 4 is 33.9 Å². The minimum absolute atomic E-state index is 0.00536. The van der Waals surface area contributed by atoms with Gasteiger partial charge in [0.15, 0.2) is 0 Å². The number of hydrogen-bond acceptors (Lipinski definition) is 11. The molecule has 0 aromatic heterocycles. The van der Waals surface area contributed by atoms with E-state index in [1.807, 2.05) is 81.5 Å². The standard InChI is InChI=1S/C31H45NO10S/c1-31(2,3)42-30(33)25-32-28-11-7-26(8-12-28)5-6-27-9-13-29(14-10-27)40-23-21-38-19-17-36-15-16-37-18-20-39-22-24-41-43(4,34)35/h5-14,32H,15-25H2,1-4H3. The highest BCUT2D eigenvalue weighted by atomic mass is 32.2. The Morgan fingerprint density at radius 3 is 1.60 bits per heavy atom. The Labute approximate surface area is 255 Å². The maximum atomic E-state index is 11.8. The molecule has 0 spiro atoms. The molecule has 0 fully saturated rings. The van der Waals surface area contributed by atoms with E-state index in [0.29, 0.717) is 52.9 Å². The molecule has 0 aliphatic heterocycles. The summed E-state index contributed by atoms with van der Waals surface area (Å²) in [5.74, 6) is 0.473. The maximum Gasteiger partial charge on any atom is 0.325 e.